The molecule has 4 amide bonds. The van der Waals surface area contributed by atoms with Crippen molar-refractivity contribution >= 4 is 35.3 Å². The van der Waals surface area contributed by atoms with Crippen LogP contribution >= 0.6 is 0 Å². The highest BCUT2D eigenvalue weighted by Crippen LogP contribution is 2.35. The van der Waals surface area contributed by atoms with Gasteiger partial charge in [0, 0.05) is 23.4 Å². The smallest absolute Gasteiger partial charge is 0.329 e. The first kappa shape index (κ1) is 22.3. The quantitative estimate of drug-likeness (QED) is 0.292. The van der Waals surface area contributed by atoms with Gasteiger partial charge in [-0.15, -0.1) is 0 Å². The Balaban J connectivity index is 1.83. The molecule has 0 aromatic heterocycles. The summed E-state index contributed by atoms with van der Waals surface area (Å²) in [4.78, 5) is 48.7. The predicted octanol–water partition coefficient (Wildman–Crippen LogP) is 2.45. The predicted molar refractivity (Wildman–Crippen MR) is 114 cm³/mol. The second kappa shape index (κ2) is 9.16. The molecule has 1 saturated heterocycles. The molecule has 0 spiro atoms. The van der Waals surface area contributed by atoms with Crippen LogP contribution in [0.2, 0.25) is 0 Å². The Morgan fingerprint density at radius 2 is 1.91 bits per heavy atom. The molecule has 0 bridgehead atoms. The summed E-state index contributed by atoms with van der Waals surface area (Å²) in [5, 5.41) is 16.3. The molecular formula is C21H20N4O7. The van der Waals surface area contributed by atoms with Crippen LogP contribution in [0, 0.1) is 17.0 Å². The minimum atomic E-state index is -0.789. The number of aryl methyl sites for hydroxylation is 1. The zero-order chi connectivity index (χ0) is 23.4. The third-order valence-electron chi connectivity index (χ3n) is 4.59. The van der Waals surface area contributed by atoms with Gasteiger partial charge in [0.25, 0.3) is 5.91 Å². The number of hydrogen-bond acceptors (Lipinski definition) is 7. The maximum atomic E-state index is 12.7. The van der Waals surface area contributed by atoms with E-state index < -0.39 is 29.3 Å². The van der Waals surface area contributed by atoms with E-state index in [2.05, 4.69) is 10.6 Å². The minimum absolute atomic E-state index is 0.0229. The highest BCUT2D eigenvalue weighted by molar-refractivity contribution is 6.16. The van der Waals surface area contributed by atoms with E-state index in [1.165, 1.54) is 26.4 Å². The van der Waals surface area contributed by atoms with Gasteiger partial charge in [0.05, 0.1) is 19.1 Å². The van der Waals surface area contributed by atoms with Crippen molar-refractivity contribution in [2.75, 3.05) is 26.1 Å². The van der Waals surface area contributed by atoms with E-state index in [-0.39, 0.29) is 28.4 Å². The van der Waals surface area contributed by atoms with Gasteiger partial charge in [-0.05, 0) is 30.7 Å². The number of urea groups is 1. The molecule has 1 heterocycles. The van der Waals surface area contributed by atoms with Crippen LogP contribution in [0.5, 0.6) is 11.5 Å². The van der Waals surface area contributed by atoms with Gasteiger partial charge in [0.1, 0.15) is 18.0 Å². The standard InChI is InChI=1S/C21H20N4O7/c1-12-5-4-6-14(7-12)22-19(26)11-24-20(27)15(23-21(24)28)8-13-9-16(25(29)30)18(32-3)10-17(13)31-2/h4-10H,11H2,1-3H3,(H,22,26)(H,23,28)/b15-8+. The first-order chi connectivity index (χ1) is 15.2. The monoisotopic (exact) mass is 440 g/mol. The number of nitrogens with one attached hydrogen (secondary N) is 2. The lowest BCUT2D eigenvalue weighted by atomic mass is 10.1. The van der Waals surface area contributed by atoms with Crippen LogP contribution < -0.4 is 20.1 Å². The number of imide groups is 1. The summed E-state index contributed by atoms with van der Waals surface area (Å²) >= 11 is 0. The summed E-state index contributed by atoms with van der Waals surface area (Å²) in [5.74, 6) is -1.14. The van der Waals surface area contributed by atoms with Crippen LogP contribution in [0.25, 0.3) is 6.08 Å². The molecule has 2 aromatic rings. The summed E-state index contributed by atoms with van der Waals surface area (Å²) < 4.78 is 10.2. The molecule has 0 aliphatic carbocycles. The molecule has 1 fully saturated rings. The summed E-state index contributed by atoms with van der Waals surface area (Å²) in [6, 6.07) is 8.74. The van der Waals surface area contributed by atoms with Gasteiger partial charge in [0.15, 0.2) is 0 Å². The lowest BCUT2D eigenvalue weighted by molar-refractivity contribution is -0.385. The van der Waals surface area contributed by atoms with Gasteiger partial charge in [-0.25, -0.2) is 9.69 Å². The van der Waals surface area contributed by atoms with E-state index in [9.17, 15) is 24.5 Å². The van der Waals surface area contributed by atoms with Crippen molar-refractivity contribution in [1.29, 1.82) is 0 Å². The largest absolute Gasteiger partial charge is 0.496 e. The maximum Gasteiger partial charge on any atom is 0.329 e. The Hall–Kier alpha value is -4.41. The number of ether oxygens (including phenoxy) is 2. The molecule has 3 rings (SSSR count). The second-order valence-electron chi connectivity index (χ2n) is 6.82. The Bertz CT molecular complexity index is 1140. The SMILES string of the molecule is COc1cc(OC)c([N+](=O)[O-])cc1/C=C1/NC(=O)N(CC(=O)Nc2cccc(C)c2)C1=O. The van der Waals surface area contributed by atoms with Gasteiger partial charge >= 0.3 is 11.7 Å². The van der Waals surface area contributed by atoms with E-state index in [1.54, 1.807) is 18.2 Å². The first-order valence-electron chi connectivity index (χ1n) is 9.35. The van der Waals surface area contributed by atoms with Crippen LogP contribution in [-0.4, -0.2) is 48.4 Å². The number of nitro groups is 1. The number of rotatable bonds is 7. The summed E-state index contributed by atoms with van der Waals surface area (Å²) in [5.41, 5.74) is 1.15. The lowest BCUT2D eigenvalue weighted by Crippen LogP contribution is -2.38. The van der Waals surface area contributed by atoms with Crippen molar-refractivity contribution in [3.63, 3.8) is 0 Å². The van der Waals surface area contributed by atoms with E-state index in [0.29, 0.717) is 5.69 Å². The molecule has 166 valence electrons. The number of benzene rings is 2. The van der Waals surface area contributed by atoms with Crippen LogP contribution in [0.4, 0.5) is 16.2 Å². The topological polar surface area (TPSA) is 140 Å². The molecule has 2 aromatic carbocycles. The van der Waals surface area contributed by atoms with Crippen LogP contribution in [-0.2, 0) is 9.59 Å². The molecule has 11 heteroatoms. The van der Waals surface area contributed by atoms with Crippen molar-refractivity contribution in [2.24, 2.45) is 0 Å². The van der Waals surface area contributed by atoms with Gasteiger partial charge in [-0.1, -0.05) is 12.1 Å². The number of nitrogens with zero attached hydrogens (tertiary/aromatic N) is 2. The fraction of sp³-hybridized carbons (Fsp3) is 0.190. The highest BCUT2D eigenvalue weighted by Gasteiger charge is 2.35. The average molecular weight is 440 g/mol. The van der Waals surface area contributed by atoms with Gasteiger partial charge in [-0.3, -0.25) is 19.7 Å². The molecule has 2 N–H and O–H groups in total. The fourth-order valence-electron chi connectivity index (χ4n) is 3.10. The molecule has 0 saturated carbocycles. The van der Waals surface area contributed by atoms with E-state index in [4.69, 9.17) is 9.47 Å². The Kier molecular flexibility index (Phi) is 6.38. The van der Waals surface area contributed by atoms with Crippen molar-refractivity contribution in [3.05, 3.63) is 63.3 Å². The Morgan fingerprint density at radius 3 is 2.53 bits per heavy atom. The van der Waals surface area contributed by atoms with Crippen LogP contribution in [0.3, 0.4) is 0 Å². The van der Waals surface area contributed by atoms with E-state index in [0.717, 1.165) is 16.5 Å². The lowest BCUT2D eigenvalue weighted by Gasteiger charge is -2.12. The number of methoxy groups -OCH3 is 2. The highest BCUT2D eigenvalue weighted by atomic mass is 16.6. The number of nitro benzene ring substituents is 1. The first-order valence-corrected chi connectivity index (χ1v) is 9.35. The zero-order valence-electron chi connectivity index (χ0n) is 17.5. The number of carbonyl (C=O) groups is 3. The van der Waals surface area contributed by atoms with Crippen LogP contribution in [0.15, 0.2) is 42.1 Å². The number of carbonyl (C=O) groups excluding carboxylic acids is 3. The van der Waals surface area contributed by atoms with Gasteiger partial charge in [0.2, 0.25) is 11.7 Å². The minimum Gasteiger partial charge on any atom is -0.496 e. The summed E-state index contributed by atoms with van der Waals surface area (Å²) in [6.07, 6.45) is 1.24. The van der Waals surface area contributed by atoms with Crippen LogP contribution in [0.1, 0.15) is 11.1 Å². The summed E-state index contributed by atoms with van der Waals surface area (Å²) in [6.45, 7) is 1.36. The fourth-order valence-corrected chi connectivity index (χ4v) is 3.10. The zero-order valence-corrected chi connectivity index (χ0v) is 17.5. The Labute approximate surface area is 182 Å². The molecule has 0 atom stereocenters. The van der Waals surface area contributed by atoms with Crippen molar-refractivity contribution in [2.45, 2.75) is 6.92 Å². The number of amides is 4. The molecule has 1 aliphatic rings. The maximum absolute atomic E-state index is 12.7. The average Bonchev–Trinajstić information content (AvgIpc) is 3.00. The summed E-state index contributed by atoms with van der Waals surface area (Å²) in [7, 11) is 2.62. The van der Waals surface area contributed by atoms with Crippen molar-refractivity contribution in [1.82, 2.24) is 10.2 Å². The Morgan fingerprint density at radius 1 is 1.19 bits per heavy atom. The molecular weight excluding hydrogens is 420 g/mol. The molecule has 11 nitrogen and oxygen atoms in total. The molecule has 1 aliphatic heterocycles. The molecule has 0 unspecified atom stereocenters. The molecule has 0 radical (unpaired) electrons. The van der Waals surface area contributed by atoms with E-state index in [1.807, 2.05) is 13.0 Å². The molecule has 32 heavy (non-hydrogen) atoms. The van der Waals surface area contributed by atoms with Gasteiger partial charge in [-0.2, -0.15) is 0 Å². The normalized spacial score (nSPS) is 14.3. The van der Waals surface area contributed by atoms with Crippen molar-refractivity contribution < 1.29 is 28.8 Å². The number of hydrogen-bond donors (Lipinski definition) is 2. The third-order valence-corrected chi connectivity index (χ3v) is 4.59. The van der Waals surface area contributed by atoms with E-state index >= 15 is 0 Å². The second-order valence-corrected chi connectivity index (χ2v) is 6.82. The van der Waals surface area contributed by atoms with Gasteiger partial charge < -0.3 is 20.1 Å². The number of anilines is 1. The van der Waals surface area contributed by atoms with Crippen molar-refractivity contribution in [3.8, 4) is 11.5 Å². The third kappa shape index (κ3) is 4.67.